The Balaban J connectivity index is 1.24. The van der Waals surface area contributed by atoms with Crippen molar-refractivity contribution in [3.05, 3.63) is 35.4 Å². The van der Waals surface area contributed by atoms with Crippen molar-refractivity contribution >= 4 is 17.8 Å². The lowest BCUT2D eigenvalue weighted by atomic mass is 9.53. The Labute approximate surface area is 230 Å². The lowest BCUT2D eigenvalue weighted by molar-refractivity contribution is -0.236. The van der Waals surface area contributed by atoms with Gasteiger partial charge in [0.1, 0.15) is 18.3 Å². The molecular weight excluding hydrogens is 524 g/mol. The molecule has 3 aliphatic heterocycles. The third-order valence-corrected chi connectivity index (χ3v) is 9.33. The molecule has 2 bridgehead atoms. The molecule has 0 saturated carbocycles. The number of carboxylic acid groups (broad SMARTS) is 1. The highest BCUT2D eigenvalue weighted by Crippen LogP contribution is 2.62. The van der Waals surface area contributed by atoms with Crippen molar-refractivity contribution in [2.45, 2.75) is 80.3 Å². The van der Waals surface area contributed by atoms with Gasteiger partial charge < -0.3 is 44.5 Å². The van der Waals surface area contributed by atoms with Gasteiger partial charge >= 0.3 is 11.9 Å². The van der Waals surface area contributed by atoms with E-state index in [1.165, 1.54) is 5.56 Å². The van der Waals surface area contributed by atoms with E-state index >= 15 is 0 Å². The normalized spacial score (nSPS) is 39.1. The number of likely N-dealkylation sites (N-methyl/N-ethyl adjacent to an activating group) is 1. The Morgan fingerprint density at radius 2 is 1.98 bits per heavy atom. The van der Waals surface area contributed by atoms with Gasteiger partial charge in [-0.2, -0.15) is 0 Å². The Morgan fingerprint density at radius 1 is 1.20 bits per heavy atom. The summed E-state index contributed by atoms with van der Waals surface area (Å²) in [5, 5.41) is 33.7. The molecule has 1 aromatic rings. The van der Waals surface area contributed by atoms with Crippen LogP contribution in [0.4, 0.5) is 0 Å². The van der Waals surface area contributed by atoms with Gasteiger partial charge in [0.25, 0.3) is 0 Å². The number of likely N-dealkylation sites (tertiary alicyclic amines) is 1. The molecule has 2 aliphatic carbocycles. The van der Waals surface area contributed by atoms with Gasteiger partial charge in [0.2, 0.25) is 5.91 Å². The van der Waals surface area contributed by atoms with Crippen LogP contribution >= 0.6 is 0 Å². The number of rotatable bonds is 6. The first-order valence-corrected chi connectivity index (χ1v) is 13.5. The van der Waals surface area contributed by atoms with Crippen molar-refractivity contribution in [2.24, 2.45) is 5.92 Å². The summed E-state index contributed by atoms with van der Waals surface area (Å²) in [7, 11) is 3.75. The number of methoxy groups -OCH3 is 1. The molecule has 2 unspecified atom stereocenters. The molecule has 0 aromatic heterocycles. The van der Waals surface area contributed by atoms with E-state index in [9.17, 15) is 29.7 Å². The number of amides is 1. The summed E-state index contributed by atoms with van der Waals surface area (Å²) < 4.78 is 22.6. The molecule has 3 heterocycles. The minimum Gasteiger partial charge on any atom is -0.493 e. The number of nitrogens with zero attached hydrogens (tertiary/aromatic N) is 1. The Hall–Kier alpha value is -3.19. The van der Waals surface area contributed by atoms with Crippen LogP contribution in [0.1, 0.15) is 30.9 Å². The van der Waals surface area contributed by atoms with E-state index in [1.807, 2.05) is 12.1 Å². The Bertz CT molecular complexity index is 1270. The number of carbonyl (C=O) groups excluding carboxylic acids is 2. The topological polar surface area (TPSA) is 164 Å². The van der Waals surface area contributed by atoms with Crippen molar-refractivity contribution in [1.29, 1.82) is 0 Å². The van der Waals surface area contributed by atoms with Crippen molar-refractivity contribution in [2.75, 3.05) is 20.7 Å². The van der Waals surface area contributed by atoms with Crippen molar-refractivity contribution in [1.82, 2.24) is 10.2 Å². The summed E-state index contributed by atoms with van der Waals surface area (Å²) >= 11 is 0. The lowest BCUT2D eigenvalue weighted by Crippen LogP contribution is -2.67. The number of aliphatic carboxylic acids is 1. The summed E-state index contributed by atoms with van der Waals surface area (Å²) in [6, 6.07) is 3.82. The molecule has 12 nitrogen and oxygen atoms in total. The number of esters is 1. The van der Waals surface area contributed by atoms with E-state index in [-0.39, 0.29) is 11.3 Å². The first-order chi connectivity index (χ1) is 19.1. The van der Waals surface area contributed by atoms with Gasteiger partial charge in [0.05, 0.1) is 25.7 Å². The largest absolute Gasteiger partial charge is 0.493 e. The van der Waals surface area contributed by atoms with Crippen molar-refractivity contribution in [3.8, 4) is 11.5 Å². The van der Waals surface area contributed by atoms with E-state index in [1.54, 1.807) is 7.11 Å². The van der Waals surface area contributed by atoms with Gasteiger partial charge in [0, 0.05) is 29.9 Å². The smallest absolute Gasteiger partial charge is 0.336 e. The number of carbonyl (C=O) groups is 3. The molecule has 0 radical (unpaired) electrons. The van der Waals surface area contributed by atoms with Crippen LogP contribution in [-0.4, -0.2) is 107 Å². The second-order valence-corrected chi connectivity index (χ2v) is 11.4. The first kappa shape index (κ1) is 27.0. The van der Waals surface area contributed by atoms with Crippen LogP contribution in [0.15, 0.2) is 24.3 Å². The first-order valence-electron chi connectivity index (χ1n) is 13.5. The predicted octanol–water partition coefficient (Wildman–Crippen LogP) is -0.479. The highest BCUT2D eigenvalue weighted by molar-refractivity contribution is 5.78. The number of aliphatic hydroxyl groups is 2. The number of hydrogen-bond donors (Lipinski definition) is 4. The molecular formula is C28H34N2O10. The molecule has 4 N–H and O–H groups in total. The number of piperidine rings is 1. The van der Waals surface area contributed by atoms with Crippen molar-refractivity contribution in [3.63, 3.8) is 0 Å². The Morgan fingerprint density at radius 3 is 2.67 bits per heavy atom. The minimum atomic E-state index is -1.75. The standard InChI is InChI=1S/C28H34N2O10/c1-12(31)38-24-22(34)21(33)18(39-25(24)27(35)36)11-19(32)29-15-6-5-14-16-10-13-4-7-17(37-3)23-20(13)28(14,26(15)40-23)8-9-30(16)2/h4-7,14-16,18,21-22,24-26,33-34H,8-11H2,1-3H3,(H,29,32)(H,35,36)/t14?,15-,16-,18?,21+,22-,24+,25+,26+,28+/m1/s1. The van der Waals surface area contributed by atoms with E-state index in [2.05, 4.69) is 29.4 Å². The SMILES string of the molecule is COc1ccc2c3c1O[C@H]1[C@H](NC(=O)CC4O[C@H](C(=O)O)[C@@H](OC(C)=O)[C@H](O)[C@H]4O)C=CC4[C@@H](C2)N(C)CC[C@@]341. The lowest BCUT2D eigenvalue weighted by Gasteiger charge is -2.57. The molecule has 6 rings (SSSR count). The Kier molecular flexibility index (Phi) is 6.56. The van der Waals surface area contributed by atoms with Crippen LogP contribution in [0, 0.1) is 5.92 Å². The molecule has 216 valence electrons. The summed E-state index contributed by atoms with van der Waals surface area (Å²) in [4.78, 5) is 38.9. The fraction of sp³-hybridized carbons (Fsp3) is 0.607. The second kappa shape index (κ2) is 9.72. The molecule has 1 amide bonds. The third-order valence-electron chi connectivity index (χ3n) is 9.33. The van der Waals surface area contributed by atoms with E-state index in [4.69, 9.17) is 18.9 Å². The summed E-state index contributed by atoms with van der Waals surface area (Å²) in [6.45, 7) is 1.94. The van der Waals surface area contributed by atoms with Gasteiger partial charge in [-0.25, -0.2) is 4.79 Å². The maximum atomic E-state index is 13.3. The van der Waals surface area contributed by atoms with Gasteiger partial charge in [-0.3, -0.25) is 9.59 Å². The molecule has 40 heavy (non-hydrogen) atoms. The number of benzene rings is 1. The van der Waals surface area contributed by atoms with Crippen LogP contribution in [0.2, 0.25) is 0 Å². The molecule has 10 atom stereocenters. The van der Waals surface area contributed by atoms with E-state index < -0.39 is 66.9 Å². The van der Waals surface area contributed by atoms with E-state index in [0.717, 1.165) is 37.6 Å². The second-order valence-electron chi connectivity index (χ2n) is 11.4. The molecule has 2 saturated heterocycles. The fourth-order valence-corrected chi connectivity index (χ4v) is 7.60. The number of ether oxygens (including phenoxy) is 4. The van der Waals surface area contributed by atoms with Gasteiger partial charge in [-0.15, -0.1) is 0 Å². The van der Waals surface area contributed by atoms with Crippen LogP contribution in [0.3, 0.4) is 0 Å². The third kappa shape index (κ3) is 3.92. The number of carboxylic acids is 1. The summed E-state index contributed by atoms with van der Waals surface area (Å²) in [5.74, 6) is -1.27. The maximum Gasteiger partial charge on any atom is 0.336 e. The monoisotopic (exact) mass is 558 g/mol. The minimum absolute atomic E-state index is 0.193. The quantitative estimate of drug-likeness (QED) is 0.263. The molecule has 12 heteroatoms. The van der Waals surface area contributed by atoms with Gasteiger partial charge in [0.15, 0.2) is 23.7 Å². The number of nitrogens with one attached hydrogen (secondary N) is 1. The van der Waals surface area contributed by atoms with E-state index in [0.29, 0.717) is 11.8 Å². The number of hydrogen-bond acceptors (Lipinski definition) is 10. The van der Waals surface area contributed by atoms with Gasteiger partial charge in [-0.1, -0.05) is 18.2 Å². The van der Waals surface area contributed by atoms with Gasteiger partial charge in [-0.05, 0) is 38.1 Å². The number of aliphatic hydroxyl groups excluding tert-OH is 2. The van der Waals surface area contributed by atoms with Crippen LogP contribution < -0.4 is 14.8 Å². The fourth-order valence-electron chi connectivity index (χ4n) is 7.60. The predicted molar refractivity (Wildman–Crippen MR) is 137 cm³/mol. The average Bonchev–Trinajstić information content (AvgIpc) is 3.26. The van der Waals surface area contributed by atoms with Crippen LogP contribution in [0.5, 0.6) is 11.5 Å². The van der Waals surface area contributed by atoms with Crippen LogP contribution in [-0.2, 0) is 35.7 Å². The zero-order chi connectivity index (χ0) is 28.5. The maximum absolute atomic E-state index is 13.3. The molecule has 1 spiro atoms. The summed E-state index contributed by atoms with van der Waals surface area (Å²) in [6.07, 6.45) is -3.05. The highest BCUT2D eigenvalue weighted by atomic mass is 16.6. The highest BCUT2D eigenvalue weighted by Gasteiger charge is 2.64. The van der Waals surface area contributed by atoms with Crippen LogP contribution in [0.25, 0.3) is 0 Å². The van der Waals surface area contributed by atoms with Crippen molar-refractivity contribution < 1.29 is 48.7 Å². The summed E-state index contributed by atoms with van der Waals surface area (Å²) in [5.41, 5.74) is 2.04. The average molecular weight is 559 g/mol. The zero-order valence-corrected chi connectivity index (χ0v) is 22.5. The molecule has 1 aromatic carbocycles. The zero-order valence-electron chi connectivity index (χ0n) is 22.5. The molecule has 5 aliphatic rings. The molecule has 2 fully saturated rings.